The van der Waals surface area contributed by atoms with E-state index >= 15 is 0 Å². The normalized spacial score (nSPS) is 10.4. The molecule has 0 aliphatic carbocycles. The molecule has 2 aromatic carbocycles. The lowest BCUT2D eigenvalue weighted by molar-refractivity contribution is -0.116. The minimum atomic E-state index is -0.342. The number of nitrogens with one attached hydrogen (secondary N) is 3. The number of carbonyl (C=O) groups excluding carboxylic acids is 3. The molecule has 4 amide bonds. The Morgan fingerprint density at radius 1 is 1.00 bits per heavy atom. The highest BCUT2D eigenvalue weighted by atomic mass is 16.2. The highest BCUT2D eigenvalue weighted by Crippen LogP contribution is 2.18. The second kappa shape index (κ2) is 9.73. The topological polar surface area (TPSA) is 90.5 Å². The number of benzene rings is 2. The zero-order valence-electron chi connectivity index (χ0n) is 17.5. The molecule has 0 unspecified atom stereocenters. The smallest absolute Gasteiger partial charge is 0.319 e. The number of carbonyl (C=O) groups is 3. The van der Waals surface area contributed by atoms with Crippen LogP contribution in [0.15, 0.2) is 42.5 Å². The van der Waals surface area contributed by atoms with E-state index < -0.39 is 0 Å². The lowest BCUT2D eigenvalue weighted by atomic mass is 10.1. The number of aryl methyl sites for hydroxylation is 1. The molecule has 2 rings (SSSR count). The second-order valence-corrected chi connectivity index (χ2v) is 7.29. The Balaban J connectivity index is 2.00. The molecule has 7 heteroatoms. The van der Waals surface area contributed by atoms with Crippen LogP contribution < -0.4 is 16.0 Å². The van der Waals surface area contributed by atoms with Crippen LogP contribution >= 0.6 is 0 Å². The molecule has 0 fully saturated rings. The van der Waals surface area contributed by atoms with Gasteiger partial charge in [-0.05, 0) is 63.1 Å². The molecular formula is C22H28N4O3. The predicted octanol–water partition coefficient (Wildman–Crippen LogP) is 3.54. The summed E-state index contributed by atoms with van der Waals surface area (Å²) in [4.78, 5) is 38.2. The summed E-state index contributed by atoms with van der Waals surface area (Å²) in [7, 11) is 1.57. The van der Waals surface area contributed by atoms with Crippen molar-refractivity contribution in [2.75, 3.05) is 24.2 Å². The van der Waals surface area contributed by atoms with Gasteiger partial charge in [-0.15, -0.1) is 0 Å². The van der Waals surface area contributed by atoms with Gasteiger partial charge < -0.3 is 20.9 Å². The highest BCUT2D eigenvalue weighted by Gasteiger charge is 2.16. The molecule has 0 aliphatic rings. The van der Waals surface area contributed by atoms with Gasteiger partial charge >= 0.3 is 6.03 Å². The molecule has 2 aromatic rings. The van der Waals surface area contributed by atoms with Crippen molar-refractivity contribution in [2.24, 2.45) is 0 Å². The van der Waals surface area contributed by atoms with Crippen molar-refractivity contribution in [3.05, 3.63) is 59.2 Å². The fourth-order valence-electron chi connectivity index (χ4n) is 2.74. The van der Waals surface area contributed by atoms with Crippen molar-refractivity contribution < 1.29 is 14.4 Å². The van der Waals surface area contributed by atoms with Gasteiger partial charge in [0.1, 0.15) is 0 Å². The van der Waals surface area contributed by atoms with Crippen molar-refractivity contribution in [1.82, 2.24) is 10.2 Å². The number of rotatable bonds is 6. The molecule has 7 nitrogen and oxygen atoms in total. The Kier molecular flexibility index (Phi) is 7.36. The summed E-state index contributed by atoms with van der Waals surface area (Å²) in [6.45, 7) is 7.55. The maximum absolute atomic E-state index is 12.7. The van der Waals surface area contributed by atoms with Crippen LogP contribution in [0.1, 0.15) is 35.3 Å². The molecule has 29 heavy (non-hydrogen) atoms. The van der Waals surface area contributed by atoms with Crippen molar-refractivity contribution in [2.45, 2.75) is 33.7 Å². The number of urea groups is 1. The minimum Gasteiger partial charge on any atom is -0.336 e. The van der Waals surface area contributed by atoms with Crippen molar-refractivity contribution >= 4 is 29.2 Å². The number of hydrogen-bond donors (Lipinski definition) is 3. The van der Waals surface area contributed by atoms with E-state index in [9.17, 15) is 14.4 Å². The maximum Gasteiger partial charge on any atom is 0.319 e. The van der Waals surface area contributed by atoms with Gasteiger partial charge in [0.15, 0.2) is 0 Å². The summed E-state index contributed by atoms with van der Waals surface area (Å²) in [6, 6.07) is 12.0. The largest absolute Gasteiger partial charge is 0.336 e. The van der Waals surface area contributed by atoms with E-state index in [4.69, 9.17) is 0 Å². The SMILES string of the molecule is Cc1cccc(NC(=O)CN(C)C(=O)c2cccc(NC(=O)NC(C)C)c2)c1C. The number of hydrogen-bond acceptors (Lipinski definition) is 3. The Morgan fingerprint density at radius 3 is 2.38 bits per heavy atom. The van der Waals surface area contributed by atoms with E-state index in [0.29, 0.717) is 11.3 Å². The van der Waals surface area contributed by atoms with Gasteiger partial charge in [0.25, 0.3) is 5.91 Å². The quantitative estimate of drug-likeness (QED) is 0.697. The molecule has 0 aliphatic heterocycles. The number of likely N-dealkylation sites (N-methyl/N-ethyl adjacent to an activating group) is 1. The summed E-state index contributed by atoms with van der Waals surface area (Å²) in [5, 5.41) is 8.26. The monoisotopic (exact) mass is 396 g/mol. The predicted molar refractivity (Wildman–Crippen MR) is 115 cm³/mol. The third kappa shape index (κ3) is 6.34. The minimum absolute atomic E-state index is 0.00139. The number of anilines is 2. The van der Waals surface area contributed by atoms with Crippen LogP contribution in [-0.2, 0) is 4.79 Å². The van der Waals surface area contributed by atoms with E-state index in [0.717, 1.165) is 16.8 Å². The van der Waals surface area contributed by atoms with Gasteiger partial charge in [-0.25, -0.2) is 4.79 Å². The van der Waals surface area contributed by atoms with Crippen molar-refractivity contribution in [1.29, 1.82) is 0 Å². The molecule has 0 aromatic heterocycles. The molecular weight excluding hydrogens is 368 g/mol. The van der Waals surface area contributed by atoms with Crippen molar-refractivity contribution in [3.63, 3.8) is 0 Å². The molecule has 0 bridgehead atoms. The third-order valence-electron chi connectivity index (χ3n) is 4.39. The van der Waals surface area contributed by atoms with Gasteiger partial charge in [0.2, 0.25) is 5.91 Å². The van der Waals surface area contributed by atoms with Crippen LogP contribution in [0.2, 0.25) is 0 Å². The van der Waals surface area contributed by atoms with E-state index in [1.165, 1.54) is 4.90 Å². The Bertz CT molecular complexity index is 909. The van der Waals surface area contributed by atoms with Crippen LogP contribution in [0.5, 0.6) is 0 Å². The Morgan fingerprint density at radius 2 is 1.69 bits per heavy atom. The first-order valence-corrected chi connectivity index (χ1v) is 9.46. The first-order chi connectivity index (χ1) is 13.7. The summed E-state index contributed by atoms with van der Waals surface area (Å²) < 4.78 is 0. The Labute approximate surface area is 171 Å². The summed E-state index contributed by atoms with van der Waals surface area (Å²) in [6.07, 6.45) is 0. The second-order valence-electron chi connectivity index (χ2n) is 7.29. The zero-order valence-corrected chi connectivity index (χ0v) is 17.5. The standard InChI is InChI=1S/C22H28N4O3/c1-14(2)23-22(29)24-18-10-7-9-17(12-18)21(28)26(5)13-20(27)25-19-11-6-8-15(3)16(19)4/h6-12,14H,13H2,1-5H3,(H,25,27)(H2,23,24,29). The average molecular weight is 396 g/mol. The molecule has 0 atom stereocenters. The number of nitrogens with zero attached hydrogens (tertiary/aromatic N) is 1. The third-order valence-corrected chi connectivity index (χ3v) is 4.39. The first-order valence-electron chi connectivity index (χ1n) is 9.46. The lowest BCUT2D eigenvalue weighted by Gasteiger charge is -2.18. The summed E-state index contributed by atoms with van der Waals surface area (Å²) in [5.41, 5.74) is 3.70. The van der Waals surface area contributed by atoms with Gasteiger partial charge in [-0.2, -0.15) is 0 Å². The van der Waals surface area contributed by atoms with Crippen LogP contribution in [0.4, 0.5) is 16.2 Å². The molecule has 0 radical (unpaired) electrons. The molecule has 0 saturated carbocycles. The molecule has 0 heterocycles. The first kappa shape index (κ1) is 21.9. The van der Waals surface area contributed by atoms with Gasteiger partial charge in [0, 0.05) is 30.0 Å². The van der Waals surface area contributed by atoms with Crippen LogP contribution in [0.3, 0.4) is 0 Å². The van der Waals surface area contributed by atoms with Crippen LogP contribution in [-0.4, -0.2) is 42.4 Å². The Hall–Kier alpha value is -3.35. The van der Waals surface area contributed by atoms with E-state index in [1.54, 1.807) is 31.3 Å². The van der Waals surface area contributed by atoms with Gasteiger partial charge in [-0.1, -0.05) is 18.2 Å². The zero-order chi connectivity index (χ0) is 21.6. The van der Waals surface area contributed by atoms with Crippen LogP contribution in [0.25, 0.3) is 0 Å². The van der Waals surface area contributed by atoms with E-state index in [2.05, 4.69) is 16.0 Å². The molecule has 154 valence electrons. The number of amides is 4. The average Bonchev–Trinajstić information content (AvgIpc) is 2.64. The van der Waals surface area contributed by atoms with E-state index in [-0.39, 0.29) is 30.4 Å². The fraction of sp³-hybridized carbons (Fsp3) is 0.318. The highest BCUT2D eigenvalue weighted by molar-refractivity contribution is 6.00. The summed E-state index contributed by atoms with van der Waals surface area (Å²) >= 11 is 0. The molecule has 0 spiro atoms. The van der Waals surface area contributed by atoms with Gasteiger partial charge in [-0.3, -0.25) is 9.59 Å². The van der Waals surface area contributed by atoms with Crippen LogP contribution in [0, 0.1) is 13.8 Å². The fourth-order valence-corrected chi connectivity index (χ4v) is 2.74. The molecule has 3 N–H and O–H groups in total. The lowest BCUT2D eigenvalue weighted by Crippen LogP contribution is -2.35. The molecule has 0 saturated heterocycles. The maximum atomic E-state index is 12.7. The van der Waals surface area contributed by atoms with Crippen molar-refractivity contribution in [3.8, 4) is 0 Å². The van der Waals surface area contributed by atoms with Gasteiger partial charge in [0.05, 0.1) is 6.54 Å². The summed E-state index contributed by atoms with van der Waals surface area (Å²) in [5.74, 6) is -0.589. The van der Waals surface area contributed by atoms with E-state index in [1.807, 2.05) is 45.9 Å².